The number of amides is 1. The van der Waals surface area contributed by atoms with Crippen LogP contribution in [0.4, 0.5) is 13.2 Å². The Balaban J connectivity index is 1.44. The third kappa shape index (κ3) is 4.45. The van der Waals surface area contributed by atoms with Gasteiger partial charge in [0.15, 0.2) is 0 Å². The molecule has 0 unspecified atom stereocenters. The number of alkyl halides is 3. The summed E-state index contributed by atoms with van der Waals surface area (Å²) in [4.78, 5) is 14.2. The lowest BCUT2D eigenvalue weighted by Gasteiger charge is -2.34. The molecule has 4 rings (SSSR count). The third-order valence-electron chi connectivity index (χ3n) is 6.04. The maximum Gasteiger partial charge on any atom is 0.417 e. The van der Waals surface area contributed by atoms with Gasteiger partial charge in [0.2, 0.25) is 15.9 Å². The second kappa shape index (κ2) is 7.58. The van der Waals surface area contributed by atoms with E-state index in [1.165, 1.54) is 12.1 Å². The number of hydrogen-bond acceptors (Lipinski definition) is 3. The van der Waals surface area contributed by atoms with Crippen molar-refractivity contribution in [1.29, 1.82) is 0 Å². The van der Waals surface area contributed by atoms with Gasteiger partial charge in [-0.25, -0.2) is 8.42 Å². The van der Waals surface area contributed by atoms with Crippen LogP contribution in [0.1, 0.15) is 44.1 Å². The van der Waals surface area contributed by atoms with Gasteiger partial charge < -0.3 is 4.90 Å². The Morgan fingerprint density at radius 3 is 2.21 bits per heavy atom. The number of piperidine rings is 1. The van der Waals surface area contributed by atoms with E-state index >= 15 is 0 Å². The van der Waals surface area contributed by atoms with Gasteiger partial charge in [0, 0.05) is 31.6 Å². The summed E-state index contributed by atoms with van der Waals surface area (Å²) in [5, 5.41) is 0. The SMILES string of the molecule is O=C(C1CCN(S(=O)(=O)c2ccccc2C(F)(F)F)CC1)N(CC1CC1)C1CC1. The Morgan fingerprint density at radius 1 is 1.03 bits per heavy atom. The second-order valence-electron chi connectivity index (χ2n) is 8.34. The summed E-state index contributed by atoms with van der Waals surface area (Å²) in [6.07, 6.45) is 0.323. The number of carbonyl (C=O) groups is 1. The first-order valence-electron chi connectivity index (χ1n) is 10.1. The molecule has 1 aromatic carbocycles. The fourth-order valence-electron chi connectivity index (χ4n) is 4.03. The quantitative estimate of drug-likeness (QED) is 0.694. The summed E-state index contributed by atoms with van der Waals surface area (Å²) in [5.41, 5.74) is -1.15. The van der Waals surface area contributed by atoms with E-state index in [9.17, 15) is 26.4 Å². The van der Waals surface area contributed by atoms with Crippen LogP contribution in [0.15, 0.2) is 29.2 Å². The van der Waals surface area contributed by atoms with E-state index < -0.39 is 26.7 Å². The van der Waals surface area contributed by atoms with Gasteiger partial charge in [0.05, 0.1) is 10.5 Å². The van der Waals surface area contributed by atoms with E-state index in [0.717, 1.165) is 48.7 Å². The molecule has 3 aliphatic rings. The van der Waals surface area contributed by atoms with Gasteiger partial charge >= 0.3 is 6.18 Å². The zero-order valence-corrected chi connectivity index (χ0v) is 16.9. The molecule has 0 N–H and O–H groups in total. The van der Waals surface area contributed by atoms with Crippen LogP contribution in [-0.4, -0.2) is 49.2 Å². The van der Waals surface area contributed by atoms with Crippen molar-refractivity contribution in [2.45, 2.75) is 55.6 Å². The molecule has 0 spiro atoms. The third-order valence-corrected chi connectivity index (χ3v) is 7.99. The molecule has 5 nitrogen and oxygen atoms in total. The Bertz CT molecular complexity index is 871. The Kier molecular flexibility index (Phi) is 5.40. The van der Waals surface area contributed by atoms with Crippen LogP contribution in [0.5, 0.6) is 0 Å². The predicted octanol–water partition coefficient (Wildman–Crippen LogP) is 3.51. The highest BCUT2D eigenvalue weighted by molar-refractivity contribution is 7.89. The average molecular weight is 430 g/mol. The highest BCUT2D eigenvalue weighted by Crippen LogP contribution is 2.38. The summed E-state index contributed by atoms with van der Waals surface area (Å²) in [7, 11) is -4.27. The number of nitrogens with zero attached hydrogens (tertiary/aromatic N) is 2. The highest BCUT2D eigenvalue weighted by atomic mass is 32.2. The summed E-state index contributed by atoms with van der Waals surface area (Å²) >= 11 is 0. The smallest absolute Gasteiger partial charge is 0.339 e. The van der Waals surface area contributed by atoms with Crippen LogP contribution >= 0.6 is 0 Å². The minimum atomic E-state index is -4.74. The fourth-order valence-corrected chi connectivity index (χ4v) is 5.71. The number of hydrogen-bond donors (Lipinski definition) is 0. The molecule has 9 heteroatoms. The summed E-state index contributed by atoms with van der Waals surface area (Å²) in [6.45, 7) is 0.917. The van der Waals surface area contributed by atoms with Crippen molar-refractivity contribution in [1.82, 2.24) is 9.21 Å². The molecule has 0 aromatic heterocycles. The normalized spacial score (nSPS) is 21.9. The number of sulfonamides is 1. The molecule has 2 saturated carbocycles. The second-order valence-corrected chi connectivity index (χ2v) is 10.2. The molecule has 1 saturated heterocycles. The zero-order valence-electron chi connectivity index (χ0n) is 16.1. The van der Waals surface area contributed by atoms with Crippen LogP contribution in [0.3, 0.4) is 0 Å². The molecule has 0 radical (unpaired) electrons. The molecule has 1 amide bonds. The monoisotopic (exact) mass is 430 g/mol. The van der Waals surface area contributed by atoms with Gasteiger partial charge in [0.25, 0.3) is 0 Å². The predicted molar refractivity (Wildman–Crippen MR) is 100 cm³/mol. The number of halogens is 3. The first-order chi connectivity index (χ1) is 13.7. The largest absolute Gasteiger partial charge is 0.417 e. The lowest BCUT2D eigenvalue weighted by Crippen LogP contribution is -2.45. The molecule has 160 valence electrons. The van der Waals surface area contributed by atoms with Gasteiger partial charge in [0.1, 0.15) is 0 Å². The van der Waals surface area contributed by atoms with E-state index in [4.69, 9.17) is 0 Å². The minimum absolute atomic E-state index is 0.0624. The molecular weight excluding hydrogens is 405 g/mol. The summed E-state index contributed by atoms with van der Waals surface area (Å²) in [5.74, 6) is 0.435. The molecule has 2 aliphatic carbocycles. The van der Waals surface area contributed by atoms with E-state index in [0.29, 0.717) is 24.8 Å². The van der Waals surface area contributed by atoms with Crippen molar-refractivity contribution in [3.63, 3.8) is 0 Å². The highest BCUT2D eigenvalue weighted by Gasteiger charge is 2.42. The van der Waals surface area contributed by atoms with Crippen LogP contribution in [-0.2, 0) is 21.0 Å². The van der Waals surface area contributed by atoms with E-state index in [1.54, 1.807) is 0 Å². The van der Waals surface area contributed by atoms with Gasteiger partial charge in [-0.15, -0.1) is 0 Å². The Labute approximate surface area is 168 Å². The molecule has 0 atom stereocenters. The molecule has 1 heterocycles. The molecule has 1 aromatic rings. The van der Waals surface area contributed by atoms with Crippen molar-refractivity contribution < 1.29 is 26.4 Å². The molecule has 3 fully saturated rings. The minimum Gasteiger partial charge on any atom is -0.339 e. The Morgan fingerprint density at radius 2 is 1.66 bits per heavy atom. The average Bonchev–Trinajstić information content (AvgIpc) is 3.59. The van der Waals surface area contributed by atoms with Crippen molar-refractivity contribution in [3.8, 4) is 0 Å². The van der Waals surface area contributed by atoms with E-state index in [1.807, 2.05) is 4.90 Å². The van der Waals surface area contributed by atoms with Crippen LogP contribution in [0.25, 0.3) is 0 Å². The molecule has 29 heavy (non-hydrogen) atoms. The number of carbonyl (C=O) groups excluding carboxylic acids is 1. The van der Waals surface area contributed by atoms with Gasteiger partial charge in [-0.1, -0.05) is 12.1 Å². The lowest BCUT2D eigenvalue weighted by molar-refractivity contribution is -0.140. The Hall–Kier alpha value is -1.61. The lowest BCUT2D eigenvalue weighted by atomic mass is 9.96. The van der Waals surface area contributed by atoms with Crippen LogP contribution < -0.4 is 0 Å². The molecular formula is C20H25F3N2O3S. The van der Waals surface area contributed by atoms with Gasteiger partial charge in [-0.3, -0.25) is 4.79 Å². The van der Waals surface area contributed by atoms with Crippen molar-refractivity contribution >= 4 is 15.9 Å². The maximum absolute atomic E-state index is 13.3. The molecule has 1 aliphatic heterocycles. The first-order valence-corrected chi connectivity index (χ1v) is 11.6. The van der Waals surface area contributed by atoms with Gasteiger partial charge in [-0.2, -0.15) is 17.5 Å². The van der Waals surface area contributed by atoms with Gasteiger partial charge in [-0.05, 0) is 56.6 Å². The maximum atomic E-state index is 13.3. The van der Waals surface area contributed by atoms with Crippen molar-refractivity contribution in [2.75, 3.05) is 19.6 Å². The standard InChI is InChI=1S/C20H25F3N2O3S/c21-20(22,23)17-3-1-2-4-18(17)29(27,28)24-11-9-15(10-12-24)19(26)25(16-7-8-16)13-14-5-6-14/h1-4,14-16H,5-13H2. The first kappa shape index (κ1) is 20.7. The van der Waals surface area contributed by atoms with Crippen molar-refractivity contribution in [3.05, 3.63) is 29.8 Å². The van der Waals surface area contributed by atoms with Crippen LogP contribution in [0.2, 0.25) is 0 Å². The summed E-state index contributed by atoms with van der Waals surface area (Å²) < 4.78 is 66.6. The summed E-state index contributed by atoms with van der Waals surface area (Å²) in [6, 6.07) is 4.58. The molecule has 0 bridgehead atoms. The van der Waals surface area contributed by atoms with E-state index in [-0.39, 0.29) is 24.9 Å². The number of rotatable bonds is 6. The zero-order chi connectivity index (χ0) is 20.8. The van der Waals surface area contributed by atoms with Crippen molar-refractivity contribution in [2.24, 2.45) is 11.8 Å². The van der Waals surface area contributed by atoms with Crippen LogP contribution in [0, 0.1) is 11.8 Å². The number of benzene rings is 1. The topological polar surface area (TPSA) is 57.7 Å². The van der Waals surface area contributed by atoms with E-state index in [2.05, 4.69) is 0 Å². The fraction of sp³-hybridized carbons (Fsp3) is 0.650.